The number of ether oxygens (including phenoxy) is 1. The molecule has 1 aromatic heterocycles. The lowest BCUT2D eigenvalue weighted by Crippen LogP contribution is -2.08. The van der Waals surface area contributed by atoms with Gasteiger partial charge in [0.1, 0.15) is 12.2 Å². The Hall–Kier alpha value is -2.36. The van der Waals surface area contributed by atoms with Gasteiger partial charge in [0.25, 0.3) is 0 Å². The second-order valence-corrected chi connectivity index (χ2v) is 4.38. The predicted octanol–water partition coefficient (Wildman–Crippen LogP) is 2.82. The Morgan fingerprint density at radius 1 is 1.26 bits per heavy atom. The molecule has 0 aliphatic rings. The minimum atomic E-state index is -0.258. The molecule has 0 atom stereocenters. The number of fused-ring (bicyclic) bond motifs is 2. The highest BCUT2D eigenvalue weighted by Crippen LogP contribution is 2.21. The lowest BCUT2D eigenvalue weighted by molar-refractivity contribution is -0.142. The fraction of sp³-hybridized carbons (Fsp3) is 0.200. The molecule has 0 unspecified atom stereocenters. The molecule has 0 spiro atoms. The monoisotopic (exact) mass is 254 g/mol. The Labute approximate surface area is 110 Å². The van der Waals surface area contributed by atoms with Gasteiger partial charge in [-0.25, -0.2) is 4.98 Å². The Morgan fingerprint density at radius 2 is 2.00 bits per heavy atom. The number of nitrogens with one attached hydrogen (secondary N) is 1. The van der Waals surface area contributed by atoms with E-state index >= 15 is 0 Å². The number of esters is 1. The van der Waals surface area contributed by atoms with Gasteiger partial charge < -0.3 is 9.72 Å². The third-order valence-corrected chi connectivity index (χ3v) is 3.02. The van der Waals surface area contributed by atoms with Gasteiger partial charge in [-0.05, 0) is 29.8 Å². The summed E-state index contributed by atoms with van der Waals surface area (Å²) in [6, 6.07) is 12.2. The summed E-state index contributed by atoms with van der Waals surface area (Å²) in [6.07, 6.45) is 0.179. The fourth-order valence-corrected chi connectivity index (χ4v) is 2.18. The Bertz CT molecular complexity index is 694. The van der Waals surface area contributed by atoms with Crippen molar-refractivity contribution in [2.45, 2.75) is 13.3 Å². The van der Waals surface area contributed by atoms with Crippen molar-refractivity contribution in [3.8, 4) is 0 Å². The van der Waals surface area contributed by atoms with E-state index in [2.05, 4.69) is 22.1 Å². The first-order valence-electron chi connectivity index (χ1n) is 6.29. The maximum absolute atomic E-state index is 11.4. The second kappa shape index (κ2) is 4.72. The van der Waals surface area contributed by atoms with Crippen molar-refractivity contribution < 1.29 is 9.53 Å². The van der Waals surface area contributed by atoms with E-state index in [-0.39, 0.29) is 12.4 Å². The van der Waals surface area contributed by atoms with Crippen LogP contribution >= 0.6 is 0 Å². The van der Waals surface area contributed by atoms with Crippen molar-refractivity contribution in [3.63, 3.8) is 0 Å². The number of imidazole rings is 1. The number of carbonyl (C=O) groups excluding carboxylic acids is 1. The highest BCUT2D eigenvalue weighted by molar-refractivity contribution is 5.95. The smallest absolute Gasteiger partial charge is 0.313 e. The first-order valence-corrected chi connectivity index (χ1v) is 6.29. The summed E-state index contributed by atoms with van der Waals surface area (Å²) in [6.45, 7) is 2.19. The van der Waals surface area contributed by atoms with E-state index in [1.54, 1.807) is 6.92 Å². The van der Waals surface area contributed by atoms with Crippen LogP contribution in [0.5, 0.6) is 0 Å². The minimum absolute atomic E-state index is 0.179. The number of aromatic nitrogens is 2. The third kappa shape index (κ3) is 2.29. The Morgan fingerprint density at radius 3 is 2.74 bits per heavy atom. The van der Waals surface area contributed by atoms with Gasteiger partial charge in [0.05, 0.1) is 17.6 Å². The molecule has 1 heterocycles. The molecular formula is C15H14N2O2. The molecule has 96 valence electrons. The predicted molar refractivity (Wildman–Crippen MR) is 73.9 cm³/mol. The van der Waals surface area contributed by atoms with Gasteiger partial charge in [0.2, 0.25) is 0 Å². The highest BCUT2D eigenvalue weighted by atomic mass is 16.5. The number of hydrogen-bond donors (Lipinski definition) is 1. The largest absolute Gasteiger partial charge is 0.466 e. The van der Waals surface area contributed by atoms with Crippen molar-refractivity contribution in [1.82, 2.24) is 9.97 Å². The van der Waals surface area contributed by atoms with E-state index in [4.69, 9.17) is 4.74 Å². The number of aromatic amines is 1. The normalized spacial score (nSPS) is 11.0. The van der Waals surface area contributed by atoms with Crippen molar-refractivity contribution in [3.05, 3.63) is 42.2 Å². The van der Waals surface area contributed by atoms with E-state index < -0.39 is 0 Å². The first-order chi connectivity index (χ1) is 9.26. The molecule has 4 nitrogen and oxygen atoms in total. The Kier molecular flexibility index (Phi) is 2.91. The van der Waals surface area contributed by atoms with Crippen LogP contribution < -0.4 is 0 Å². The fourth-order valence-electron chi connectivity index (χ4n) is 2.18. The molecular weight excluding hydrogens is 240 g/mol. The Balaban J connectivity index is 2.00. The van der Waals surface area contributed by atoms with E-state index in [0.717, 1.165) is 21.8 Å². The topological polar surface area (TPSA) is 55.0 Å². The van der Waals surface area contributed by atoms with Crippen LogP contribution in [0.3, 0.4) is 0 Å². The van der Waals surface area contributed by atoms with E-state index in [9.17, 15) is 4.79 Å². The van der Waals surface area contributed by atoms with Crippen LogP contribution in [0.2, 0.25) is 0 Å². The molecule has 0 aliphatic carbocycles. The van der Waals surface area contributed by atoms with Gasteiger partial charge in [-0.2, -0.15) is 0 Å². The summed E-state index contributed by atoms with van der Waals surface area (Å²) in [5.74, 6) is 0.384. The molecule has 0 bridgehead atoms. The summed E-state index contributed by atoms with van der Waals surface area (Å²) < 4.78 is 4.92. The summed E-state index contributed by atoms with van der Waals surface area (Å²) in [5, 5.41) is 2.30. The summed E-state index contributed by atoms with van der Waals surface area (Å²) in [7, 11) is 0. The van der Waals surface area contributed by atoms with Crippen molar-refractivity contribution in [2.75, 3.05) is 6.61 Å². The van der Waals surface area contributed by atoms with Crippen LogP contribution in [0.1, 0.15) is 12.7 Å². The van der Waals surface area contributed by atoms with Gasteiger partial charge in [-0.3, -0.25) is 4.79 Å². The molecule has 3 aromatic rings. The van der Waals surface area contributed by atoms with E-state index in [1.165, 1.54) is 0 Å². The SMILES string of the molecule is CCOC(=O)Cc1nc2cc3ccccc3cc2[nH]1. The molecule has 19 heavy (non-hydrogen) atoms. The number of nitrogens with zero attached hydrogens (tertiary/aromatic N) is 1. The lowest BCUT2D eigenvalue weighted by Gasteiger charge is -1.97. The van der Waals surface area contributed by atoms with E-state index in [1.807, 2.05) is 24.3 Å². The molecule has 4 heteroatoms. The van der Waals surface area contributed by atoms with Gasteiger partial charge in [-0.1, -0.05) is 24.3 Å². The van der Waals surface area contributed by atoms with Crippen LogP contribution in [-0.2, 0) is 16.0 Å². The van der Waals surface area contributed by atoms with Crippen molar-refractivity contribution in [2.24, 2.45) is 0 Å². The summed E-state index contributed by atoms with van der Waals surface area (Å²) in [5.41, 5.74) is 1.82. The number of benzene rings is 2. The zero-order valence-corrected chi connectivity index (χ0v) is 10.6. The van der Waals surface area contributed by atoms with Gasteiger partial charge in [0, 0.05) is 0 Å². The zero-order valence-electron chi connectivity index (χ0n) is 10.6. The van der Waals surface area contributed by atoms with Crippen LogP contribution in [0.4, 0.5) is 0 Å². The van der Waals surface area contributed by atoms with Crippen molar-refractivity contribution >= 4 is 27.8 Å². The summed E-state index contributed by atoms with van der Waals surface area (Å²) in [4.78, 5) is 19.0. The van der Waals surface area contributed by atoms with Crippen LogP contribution in [0.15, 0.2) is 36.4 Å². The second-order valence-electron chi connectivity index (χ2n) is 4.38. The number of rotatable bonds is 3. The van der Waals surface area contributed by atoms with E-state index in [0.29, 0.717) is 12.4 Å². The highest BCUT2D eigenvalue weighted by Gasteiger charge is 2.09. The van der Waals surface area contributed by atoms with Crippen molar-refractivity contribution in [1.29, 1.82) is 0 Å². The average molecular weight is 254 g/mol. The molecule has 2 aromatic carbocycles. The molecule has 0 saturated carbocycles. The zero-order chi connectivity index (χ0) is 13.2. The van der Waals surface area contributed by atoms with Gasteiger partial charge >= 0.3 is 5.97 Å². The first kappa shape index (κ1) is 11.7. The maximum Gasteiger partial charge on any atom is 0.313 e. The van der Waals surface area contributed by atoms with Crippen LogP contribution in [0.25, 0.3) is 21.8 Å². The van der Waals surface area contributed by atoms with Crippen LogP contribution in [0, 0.1) is 0 Å². The van der Waals surface area contributed by atoms with Crippen LogP contribution in [-0.4, -0.2) is 22.5 Å². The standard InChI is InChI=1S/C15H14N2O2/c1-2-19-15(18)9-14-16-12-7-10-5-3-4-6-11(10)8-13(12)17-14/h3-8H,2,9H2,1H3,(H,16,17). The molecule has 0 saturated heterocycles. The number of H-pyrrole nitrogens is 1. The number of hydrogen-bond acceptors (Lipinski definition) is 3. The third-order valence-electron chi connectivity index (χ3n) is 3.02. The number of carbonyl (C=O) groups is 1. The molecule has 3 rings (SSSR count). The van der Waals surface area contributed by atoms with Gasteiger partial charge in [0.15, 0.2) is 0 Å². The average Bonchev–Trinajstić information content (AvgIpc) is 2.77. The molecule has 0 aliphatic heterocycles. The molecule has 1 N–H and O–H groups in total. The van der Waals surface area contributed by atoms with Gasteiger partial charge in [-0.15, -0.1) is 0 Å². The molecule has 0 radical (unpaired) electrons. The maximum atomic E-state index is 11.4. The summed E-state index contributed by atoms with van der Waals surface area (Å²) >= 11 is 0. The quantitative estimate of drug-likeness (QED) is 0.731. The molecule has 0 amide bonds. The molecule has 0 fully saturated rings. The lowest BCUT2D eigenvalue weighted by atomic mass is 10.1. The minimum Gasteiger partial charge on any atom is -0.466 e.